The average molecular weight is 235 g/mol. The Morgan fingerprint density at radius 1 is 1.29 bits per heavy atom. The normalized spacial score (nSPS) is 20.2. The van der Waals surface area contributed by atoms with Crippen LogP contribution >= 0.6 is 0 Å². The maximum absolute atomic E-state index is 5.83. The van der Waals surface area contributed by atoms with E-state index in [1.54, 1.807) is 12.4 Å². The summed E-state index contributed by atoms with van der Waals surface area (Å²) in [6.07, 6.45) is 8.28. The van der Waals surface area contributed by atoms with Gasteiger partial charge < -0.3 is 10.5 Å². The van der Waals surface area contributed by atoms with Crippen molar-refractivity contribution in [3.63, 3.8) is 0 Å². The fraction of sp³-hybridized carbons (Fsp3) is 0.692. The van der Waals surface area contributed by atoms with Crippen LogP contribution in [0.4, 0.5) is 0 Å². The van der Waals surface area contributed by atoms with Crippen LogP contribution in [0.5, 0.6) is 5.88 Å². The van der Waals surface area contributed by atoms with Crippen LogP contribution in [0.25, 0.3) is 0 Å². The number of hydrogen-bond donors (Lipinski definition) is 1. The van der Waals surface area contributed by atoms with Crippen LogP contribution in [0.1, 0.15) is 45.2 Å². The lowest BCUT2D eigenvalue weighted by Gasteiger charge is -2.33. The lowest BCUT2D eigenvalue weighted by Crippen LogP contribution is -2.28. The summed E-state index contributed by atoms with van der Waals surface area (Å²) in [5.41, 5.74) is 6.73. The summed E-state index contributed by atoms with van der Waals surface area (Å²) in [6, 6.07) is 0. The topological polar surface area (TPSA) is 61.0 Å². The van der Waals surface area contributed by atoms with Gasteiger partial charge in [-0.05, 0) is 31.1 Å². The zero-order chi connectivity index (χ0) is 12.3. The molecule has 0 radical (unpaired) electrons. The van der Waals surface area contributed by atoms with Gasteiger partial charge in [0.1, 0.15) is 6.10 Å². The second-order valence-electron chi connectivity index (χ2n) is 5.53. The first-order valence-corrected chi connectivity index (χ1v) is 6.27. The smallest absolute Gasteiger partial charge is 0.232 e. The first-order chi connectivity index (χ1) is 8.09. The summed E-state index contributed by atoms with van der Waals surface area (Å²) in [6.45, 7) is 5.06. The van der Waals surface area contributed by atoms with E-state index in [9.17, 15) is 0 Å². The standard InChI is InChI=1S/C13H21N3O/c1-13(2)5-3-11(4-6-13)17-12-9-15-10(7-14)8-16-12/h8-9,11H,3-7,14H2,1-2H3. The van der Waals surface area contributed by atoms with Gasteiger partial charge >= 0.3 is 0 Å². The highest BCUT2D eigenvalue weighted by Gasteiger charge is 2.27. The molecular formula is C13H21N3O. The third-order valence-corrected chi connectivity index (χ3v) is 3.46. The molecule has 2 N–H and O–H groups in total. The van der Waals surface area contributed by atoms with Crippen molar-refractivity contribution >= 4 is 0 Å². The van der Waals surface area contributed by atoms with Gasteiger partial charge in [-0.1, -0.05) is 13.8 Å². The number of ether oxygens (including phenoxy) is 1. The molecule has 1 aliphatic rings. The molecule has 1 aliphatic carbocycles. The van der Waals surface area contributed by atoms with E-state index in [1.165, 1.54) is 12.8 Å². The molecule has 0 unspecified atom stereocenters. The molecule has 17 heavy (non-hydrogen) atoms. The van der Waals surface area contributed by atoms with Crippen LogP contribution in [0, 0.1) is 5.41 Å². The van der Waals surface area contributed by atoms with Crippen LogP contribution in [0.3, 0.4) is 0 Å². The molecule has 0 atom stereocenters. The van der Waals surface area contributed by atoms with E-state index in [4.69, 9.17) is 10.5 Å². The van der Waals surface area contributed by atoms with Crippen molar-refractivity contribution in [3.05, 3.63) is 18.1 Å². The number of rotatable bonds is 3. The number of nitrogens with zero attached hydrogens (tertiary/aromatic N) is 2. The number of nitrogens with two attached hydrogens (primary N) is 1. The Bertz CT molecular complexity index is 351. The van der Waals surface area contributed by atoms with Crippen molar-refractivity contribution in [2.45, 2.75) is 52.2 Å². The minimum atomic E-state index is 0.293. The Balaban J connectivity index is 1.89. The van der Waals surface area contributed by atoms with Gasteiger partial charge in [0.05, 0.1) is 18.1 Å². The molecule has 0 saturated heterocycles. The SMILES string of the molecule is CC1(C)CCC(Oc2cnc(CN)cn2)CC1. The summed E-state index contributed by atoms with van der Waals surface area (Å²) in [5.74, 6) is 0.618. The highest BCUT2D eigenvalue weighted by atomic mass is 16.5. The molecule has 1 aromatic heterocycles. The number of aromatic nitrogens is 2. The molecule has 94 valence electrons. The maximum Gasteiger partial charge on any atom is 0.232 e. The Labute approximate surface area is 103 Å². The molecule has 4 nitrogen and oxygen atoms in total. The molecule has 0 amide bonds. The van der Waals surface area contributed by atoms with Crippen molar-refractivity contribution in [2.24, 2.45) is 11.1 Å². The fourth-order valence-electron chi connectivity index (χ4n) is 2.17. The Morgan fingerprint density at radius 2 is 2.00 bits per heavy atom. The molecular weight excluding hydrogens is 214 g/mol. The lowest BCUT2D eigenvalue weighted by atomic mass is 9.76. The summed E-state index contributed by atoms with van der Waals surface area (Å²) in [5, 5.41) is 0. The fourth-order valence-corrected chi connectivity index (χ4v) is 2.17. The van der Waals surface area contributed by atoms with Crippen molar-refractivity contribution in [2.75, 3.05) is 0 Å². The van der Waals surface area contributed by atoms with E-state index < -0.39 is 0 Å². The Kier molecular flexibility index (Phi) is 3.62. The first kappa shape index (κ1) is 12.3. The predicted molar refractivity (Wildman–Crippen MR) is 66.6 cm³/mol. The van der Waals surface area contributed by atoms with E-state index in [0.717, 1.165) is 18.5 Å². The summed E-state index contributed by atoms with van der Waals surface area (Å²) < 4.78 is 5.83. The molecule has 1 aromatic rings. The molecule has 1 saturated carbocycles. The minimum absolute atomic E-state index is 0.293. The average Bonchev–Trinajstić information content (AvgIpc) is 2.33. The van der Waals surface area contributed by atoms with Crippen LogP contribution in [0.2, 0.25) is 0 Å². The van der Waals surface area contributed by atoms with Gasteiger partial charge in [0.25, 0.3) is 0 Å². The molecule has 1 heterocycles. The van der Waals surface area contributed by atoms with Crippen LogP contribution < -0.4 is 10.5 Å². The Hall–Kier alpha value is -1.16. The zero-order valence-corrected chi connectivity index (χ0v) is 10.6. The van der Waals surface area contributed by atoms with Crippen molar-refractivity contribution in [3.8, 4) is 5.88 Å². The second kappa shape index (κ2) is 5.00. The van der Waals surface area contributed by atoms with Crippen LogP contribution in [-0.4, -0.2) is 16.1 Å². The van der Waals surface area contributed by atoms with Gasteiger partial charge in [-0.25, -0.2) is 4.98 Å². The van der Waals surface area contributed by atoms with Crippen molar-refractivity contribution < 1.29 is 4.74 Å². The van der Waals surface area contributed by atoms with Gasteiger partial charge in [-0.2, -0.15) is 0 Å². The summed E-state index contributed by atoms with van der Waals surface area (Å²) in [7, 11) is 0. The zero-order valence-electron chi connectivity index (χ0n) is 10.6. The number of hydrogen-bond acceptors (Lipinski definition) is 4. The summed E-state index contributed by atoms with van der Waals surface area (Å²) >= 11 is 0. The third kappa shape index (κ3) is 3.40. The maximum atomic E-state index is 5.83. The van der Waals surface area contributed by atoms with Crippen molar-refractivity contribution in [1.82, 2.24) is 9.97 Å². The second-order valence-corrected chi connectivity index (χ2v) is 5.53. The molecule has 0 spiro atoms. The molecule has 0 aromatic carbocycles. The summed E-state index contributed by atoms with van der Waals surface area (Å²) in [4.78, 5) is 8.39. The quantitative estimate of drug-likeness (QED) is 0.873. The largest absolute Gasteiger partial charge is 0.473 e. The van der Waals surface area contributed by atoms with Crippen LogP contribution in [0.15, 0.2) is 12.4 Å². The highest BCUT2D eigenvalue weighted by molar-refractivity contribution is 5.07. The van der Waals surface area contributed by atoms with Crippen LogP contribution in [-0.2, 0) is 6.54 Å². The first-order valence-electron chi connectivity index (χ1n) is 6.27. The van der Waals surface area contributed by atoms with Gasteiger partial charge in [0.15, 0.2) is 0 Å². The van der Waals surface area contributed by atoms with Gasteiger partial charge in [-0.15, -0.1) is 0 Å². The van der Waals surface area contributed by atoms with E-state index in [0.29, 0.717) is 23.9 Å². The molecule has 0 bridgehead atoms. The molecule has 4 heteroatoms. The molecule has 2 rings (SSSR count). The van der Waals surface area contributed by atoms with Gasteiger partial charge in [0.2, 0.25) is 5.88 Å². The van der Waals surface area contributed by atoms with E-state index in [2.05, 4.69) is 23.8 Å². The minimum Gasteiger partial charge on any atom is -0.473 e. The Morgan fingerprint density at radius 3 is 2.53 bits per heavy atom. The third-order valence-electron chi connectivity index (χ3n) is 3.46. The van der Waals surface area contributed by atoms with Gasteiger partial charge in [0, 0.05) is 6.54 Å². The lowest BCUT2D eigenvalue weighted by molar-refractivity contribution is 0.0945. The van der Waals surface area contributed by atoms with E-state index >= 15 is 0 Å². The van der Waals surface area contributed by atoms with E-state index in [-0.39, 0.29) is 0 Å². The molecule has 0 aliphatic heterocycles. The van der Waals surface area contributed by atoms with Gasteiger partial charge in [-0.3, -0.25) is 4.98 Å². The predicted octanol–water partition coefficient (Wildman–Crippen LogP) is 2.28. The molecule has 1 fully saturated rings. The van der Waals surface area contributed by atoms with Crippen molar-refractivity contribution in [1.29, 1.82) is 0 Å². The highest BCUT2D eigenvalue weighted by Crippen LogP contribution is 2.36. The van der Waals surface area contributed by atoms with E-state index in [1.807, 2.05) is 0 Å². The monoisotopic (exact) mass is 235 g/mol.